The Morgan fingerprint density at radius 1 is 1.36 bits per heavy atom. The maximum Gasteiger partial charge on any atom is 0.158 e. The van der Waals surface area contributed by atoms with Crippen LogP contribution in [0, 0.1) is 5.41 Å². The summed E-state index contributed by atoms with van der Waals surface area (Å²) in [4.78, 5) is 23.0. The Labute approximate surface area is 83.9 Å². The van der Waals surface area contributed by atoms with E-state index in [1.165, 1.54) is 13.8 Å². The Kier molecular flexibility index (Phi) is 2.60. The zero-order valence-corrected chi connectivity index (χ0v) is 8.97. The highest BCUT2D eigenvalue weighted by Gasteiger charge is 2.37. The fraction of sp³-hybridized carbons (Fsp3) is 0.455. The lowest BCUT2D eigenvalue weighted by Gasteiger charge is -2.30. The van der Waals surface area contributed by atoms with E-state index < -0.39 is 5.41 Å². The number of carbonyl (C=O) groups is 2. The zero-order chi connectivity index (χ0) is 10.9. The van der Waals surface area contributed by atoms with E-state index in [4.69, 9.17) is 0 Å². The van der Waals surface area contributed by atoms with E-state index in [0.717, 1.165) is 5.70 Å². The number of hydrogen-bond acceptors (Lipinski definition) is 3. The minimum absolute atomic E-state index is 0.0141. The third-order valence-corrected chi connectivity index (χ3v) is 2.69. The molecule has 0 fully saturated rings. The monoisotopic (exact) mass is 193 g/mol. The molecule has 0 bridgehead atoms. The summed E-state index contributed by atoms with van der Waals surface area (Å²) >= 11 is 0. The standard InChI is InChI=1S/C11H15NO2/c1-7-10(8(2)13)11(4,9(3)14)5-6-12-7/h5-6,12H,1-4H3. The van der Waals surface area contributed by atoms with Gasteiger partial charge in [0.25, 0.3) is 0 Å². The van der Waals surface area contributed by atoms with Crippen molar-refractivity contribution in [2.24, 2.45) is 5.41 Å². The number of carbonyl (C=O) groups excluding carboxylic acids is 2. The summed E-state index contributed by atoms with van der Waals surface area (Å²) in [5.74, 6) is -0.0724. The normalized spacial score (nSPS) is 26.0. The summed E-state index contributed by atoms with van der Waals surface area (Å²) < 4.78 is 0. The molecular weight excluding hydrogens is 178 g/mol. The van der Waals surface area contributed by atoms with Crippen molar-refractivity contribution in [2.75, 3.05) is 0 Å². The lowest BCUT2D eigenvalue weighted by Crippen LogP contribution is -2.34. The second kappa shape index (κ2) is 3.40. The van der Waals surface area contributed by atoms with Gasteiger partial charge in [-0.1, -0.05) is 6.08 Å². The quantitative estimate of drug-likeness (QED) is 0.724. The molecule has 1 N–H and O–H groups in total. The van der Waals surface area contributed by atoms with Crippen LogP contribution in [0.5, 0.6) is 0 Å². The number of dihydropyridines is 1. The molecule has 0 aliphatic carbocycles. The van der Waals surface area contributed by atoms with Gasteiger partial charge in [-0.3, -0.25) is 9.59 Å². The van der Waals surface area contributed by atoms with Crippen molar-refractivity contribution in [3.63, 3.8) is 0 Å². The first-order valence-corrected chi connectivity index (χ1v) is 4.57. The Morgan fingerprint density at radius 2 is 1.93 bits per heavy atom. The minimum Gasteiger partial charge on any atom is -0.365 e. The van der Waals surface area contributed by atoms with Crippen molar-refractivity contribution in [1.82, 2.24) is 5.32 Å². The third kappa shape index (κ3) is 1.50. The van der Waals surface area contributed by atoms with Gasteiger partial charge in [-0.25, -0.2) is 0 Å². The zero-order valence-electron chi connectivity index (χ0n) is 8.97. The SMILES string of the molecule is CC(=O)C1=C(C)NC=CC1(C)C(C)=O. The molecule has 1 aliphatic heterocycles. The highest BCUT2D eigenvalue weighted by molar-refractivity contribution is 6.04. The van der Waals surface area contributed by atoms with E-state index in [1.54, 1.807) is 26.1 Å². The minimum atomic E-state index is -0.763. The molecule has 0 saturated heterocycles. The molecule has 0 aromatic rings. The van der Waals surface area contributed by atoms with Gasteiger partial charge < -0.3 is 5.32 Å². The molecular formula is C11H15NO2. The van der Waals surface area contributed by atoms with Crippen molar-refractivity contribution >= 4 is 11.6 Å². The van der Waals surface area contributed by atoms with Crippen LogP contribution in [-0.4, -0.2) is 11.6 Å². The van der Waals surface area contributed by atoms with Gasteiger partial charge in [0.05, 0.1) is 5.41 Å². The lowest BCUT2D eigenvalue weighted by molar-refractivity contribution is -0.124. The number of Topliss-reactive ketones (excluding diaryl/α,β-unsaturated/α-hetero) is 2. The number of rotatable bonds is 2. The van der Waals surface area contributed by atoms with Crippen molar-refractivity contribution in [3.8, 4) is 0 Å². The second-order valence-corrected chi connectivity index (χ2v) is 3.79. The molecule has 0 aromatic carbocycles. The summed E-state index contributed by atoms with van der Waals surface area (Å²) in [5, 5.41) is 2.95. The predicted molar refractivity (Wildman–Crippen MR) is 54.4 cm³/mol. The van der Waals surface area contributed by atoms with Crippen LogP contribution in [0.25, 0.3) is 0 Å². The smallest absolute Gasteiger partial charge is 0.158 e. The van der Waals surface area contributed by atoms with Crippen LogP contribution in [0.2, 0.25) is 0 Å². The number of ketones is 2. The molecule has 0 saturated carbocycles. The van der Waals surface area contributed by atoms with Gasteiger partial charge in [0.15, 0.2) is 5.78 Å². The van der Waals surface area contributed by atoms with E-state index in [0.29, 0.717) is 5.57 Å². The molecule has 76 valence electrons. The van der Waals surface area contributed by atoms with Crippen LogP contribution < -0.4 is 5.32 Å². The Balaban J connectivity index is 3.30. The largest absolute Gasteiger partial charge is 0.365 e. The first-order valence-electron chi connectivity index (χ1n) is 4.57. The van der Waals surface area contributed by atoms with E-state index in [-0.39, 0.29) is 11.6 Å². The van der Waals surface area contributed by atoms with Crippen LogP contribution in [0.1, 0.15) is 27.7 Å². The summed E-state index contributed by atoms with van der Waals surface area (Å²) in [6, 6.07) is 0. The average molecular weight is 193 g/mol. The Morgan fingerprint density at radius 3 is 2.29 bits per heavy atom. The molecule has 14 heavy (non-hydrogen) atoms. The number of hydrogen-bond donors (Lipinski definition) is 1. The first kappa shape index (κ1) is 10.7. The highest BCUT2D eigenvalue weighted by Crippen LogP contribution is 2.34. The average Bonchev–Trinajstić information content (AvgIpc) is 2.02. The maximum absolute atomic E-state index is 11.5. The van der Waals surface area contributed by atoms with Crippen LogP contribution in [-0.2, 0) is 9.59 Å². The van der Waals surface area contributed by atoms with Crippen molar-refractivity contribution < 1.29 is 9.59 Å². The second-order valence-electron chi connectivity index (χ2n) is 3.79. The van der Waals surface area contributed by atoms with Crippen molar-refractivity contribution in [1.29, 1.82) is 0 Å². The molecule has 3 nitrogen and oxygen atoms in total. The fourth-order valence-electron chi connectivity index (χ4n) is 1.80. The van der Waals surface area contributed by atoms with E-state index in [9.17, 15) is 9.59 Å². The van der Waals surface area contributed by atoms with Gasteiger partial charge in [-0.15, -0.1) is 0 Å². The van der Waals surface area contributed by atoms with Crippen molar-refractivity contribution in [3.05, 3.63) is 23.5 Å². The van der Waals surface area contributed by atoms with Crippen LogP contribution in [0.4, 0.5) is 0 Å². The third-order valence-electron chi connectivity index (χ3n) is 2.69. The Hall–Kier alpha value is -1.38. The summed E-state index contributed by atoms with van der Waals surface area (Å²) in [7, 11) is 0. The molecule has 1 unspecified atom stereocenters. The fourth-order valence-corrected chi connectivity index (χ4v) is 1.80. The maximum atomic E-state index is 11.5. The van der Waals surface area contributed by atoms with Crippen molar-refractivity contribution in [2.45, 2.75) is 27.7 Å². The molecule has 0 radical (unpaired) electrons. The Bertz CT molecular complexity index is 352. The summed E-state index contributed by atoms with van der Waals surface area (Å²) in [6.07, 6.45) is 3.45. The van der Waals surface area contributed by atoms with E-state index >= 15 is 0 Å². The topological polar surface area (TPSA) is 46.2 Å². The van der Waals surface area contributed by atoms with Gasteiger partial charge in [0.1, 0.15) is 5.78 Å². The van der Waals surface area contributed by atoms with Gasteiger partial charge in [0, 0.05) is 11.3 Å². The summed E-state index contributed by atoms with van der Waals surface area (Å²) in [6.45, 7) is 6.57. The molecule has 0 spiro atoms. The number of nitrogens with one attached hydrogen (secondary N) is 1. The van der Waals surface area contributed by atoms with Gasteiger partial charge >= 0.3 is 0 Å². The van der Waals surface area contributed by atoms with Crippen LogP contribution in [0.3, 0.4) is 0 Å². The van der Waals surface area contributed by atoms with Gasteiger partial charge in [-0.2, -0.15) is 0 Å². The molecule has 3 heteroatoms. The predicted octanol–water partition coefficient (Wildman–Crippen LogP) is 1.56. The highest BCUT2D eigenvalue weighted by atomic mass is 16.1. The van der Waals surface area contributed by atoms with E-state index in [2.05, 4.69) is 5.32 Å². The van der Waals surface area contributed by atoms with Gasteiger partial charge in [0.2, 0.25) is 0 Å². The number of allylic oxidation sites excluding steroid dienone is 3. The molecule has 1 heterocycles. The molecule has 0 amide bonds. The van der Waals surface area contributed by atoms with Crippen LogP contribution in [0.15, 0.2) is 23.5 Å². The molecule has 0 aromatic heterocycles. The first-order chi connectivity index (χ1) is 6.39. The lowest BCUT2D eigenvalue weighted by atomic mass is 9.75. The van der Waals surface area contributed by atoms with Crippen LogP contribution >= 0.6 is 0 Å². The molecule has 1 atom stereocenters. The molecule has 1 rings (SSSR count). The van der Waals surface area contributed by atoms with Gasteiger partial charge in [-0.05, 0) is 33.9 Å². The summed E-state index contributed by atoms with van der Waals surface area (Å²) in [5.41, 5.74) is 0.562. The van der Waals surface area contributed by atoms with E-state index in [1.807, 2.05) is 0 Å². The molecule has 1 aliphatic rings.